The smallest absolute Gasteiger partial charge is 0.187 e. The van der Waals surface area contributed by atoms with Crippen molar-refractivity contribution in [2.24, 2.45) is 5.10 Å². The van der Waals surface area contributed by atoms with Crippen LogP contribution in [0.3, 0.4) is 0 Å². The Kier molecular flexibility index (Phi) is 9.34. The molecular formula is C20H31N3OS. The van der Waals surface area contributed by atoms with Gasteiger partial charge in [-0.1, -0.05) is 45.4 Å². The van der Waals surface area contributed by atoms with E-state index in [1.165, 1.54) is 51.4 Å². The van der Waals surface area contributed by atoms with Gasteiger partial charge in [0.15, 0.2) is 5.11 Å². The predicted molar refractivity (Wildman–Crippen MR) is 109 cm³/mol. The molecule has 1 aromatic rings. The van der Waals surface area contributed by atoms with Crippen LogP contribution in [0.15, 0.2) is 29.4 Å². The van der Waals surface area contributed by atoms with Crippen molar-refractivity contribution in [2.75, 3.05) is 6.61 Å². The van der Waals surface area contributed by atoms with Crippen molar-refractivity contribution < 1.29 is 4.74 Å². The Morgan fingerprint density at radius 2 is 1.92 bits per heavy atom. The fraction of sp³-hybridized carbons (Fsp3) is 0.600. The van der Waals surface area contributed by atoms with Crippen molar-refractivity contribution in [3.05, 3.63) is 29.8 Å². The van der Waals surface area contributed by atoms with Crippen LogP contribution in [0.4, 0.5) is 0 Å². The maximum Gasteiger partial charge on any atom is 0.187 e. The molecule has 1 aliphatic carbocycles. The maximum atomic E-state index is 5.74. The minimum atomic E-state index is 0.498. The standard InChI is InChI=1S/C20H31N3OS/c1-2-3-4-8-15-24-19-13-11-17(12-14-19)16-21-23-20(25)22-18-9-6-5-7-10-18/h11-14,16,18H,2-10,15H2,1H3,(H2,22,23,25)/b21-16-. The van der Waals surface area contributed by atoms with Gasteiger partial charge >= 0.3 is 0 Å². The SMILES string of the molecule is CCCCCCOc1ccc(/C=N\NC(=S)NC2CCCCC2)cc1. The van der Waals surface area contributed by atoms with Gasteiger partial charge in [-0.05, 0) is 61.3 Å². The lowest BCUT2D eigenvalue weighted by Crippen LogP contribution is -2.40. The number of rotatable bonds is 9. The molecule has 1 aromatic carbocycles. The van der Waals surface area contributed by atoms with Crippen LogP contribution in [0.1, 0.15) is 70.3 Å². The second-order valence-electron chi connectivity index (χ2n) is 6.66. The van der Waals surface area contributed by atoms with Crippen LogP contribution in [0.5, 0.6) is 5.75 Å². The molecule has 0 saturated heterocycles. The first-order valence-corrected chi connectivity index (χ1v) is 10.0. The molecule has 2 rings (SSSR count). The Morgan fingerprint density at radius 1 is 1.16 bits per heavy atom. The Hall–Kier alpha value is -1.62. The molecular weight excluding hydrogens is 330 g/mol. The number of benzene rings is 1. The summed E-state index contributed by atoms with van der Waals surface area (Å²) in [5.41, 5.74) is 3.93. The molecule has 0 spiro atoms. The van der Waals surface area contributed by atoms with E-state index in [1.54, 1.807) is 6.21 Å². The quantitative estimate of drug-likeness (QED) is 0.288. The molecule has 2 N–H and O–H groups in total. The molecule has 138 valence electrons. The van der Waals surface area contributed by atoms with Crippen LogP contribution in [-0.4, -0.2) is 24.0 Å². The maximum absolute atomic E-state index is 5.74. The second kappa shape index (κ2) is 11.9. The summed E-state index contributed by atoms with van der Waals surface area (Å²) in [7, 11) is 0. The van der Waals surface area contributed by atoms with Gasteiger partial charge in [0.05, 0.1) is 12.8 Å². The molecule has 5 heteroatoms. The van der Waals surface area contributed by atoms with E-state index in [9.17, 15) is 0 Å². The van der Waals surface area contributed by atoms with E-state index in [0.29, 0.717) is 11.2 Å². The zero-order valence-corrected chi connectivity index (χ0v) is 16.1. The predicted octanol–water partition coefficient (Wildman–Crippen LogP) is 4.78. The summed E-state index contributed by atoms with van der Waals surface area (Å²) in [6, 6.07) is 8.48. The third-order valence-corrected chi connectivity index (χ3v) is 4.68. The molecule has 1 saturated carbocycles. The summed E-state index contributed by atoms with van der Waals surface area (Å²) in [5, 5.41) is 8.16. The third kappa shape index (κ3) is 8.34. The summed E-state index contributed by atoms with van der Waals surface area (Å²) in [6.45, 7) is 3.00. The average Bonchev–Trinajstić information content (AvgIpc) is 2.63. The fourth-order valence-corrected chi connectivity index (χ4v) is 3.22. The molecule has 0 aliphatic heterocycles. The number of unbranched alkanes of at least 4 members (excludes halogenated alkanes) is 3. The molecule has 0 atom stereocenters. The Labute approximate surface area is 157 Å². The van der Waals surface area contributed by atoms with Crippen molar-refractivity contribution in [2.45, 2.75) is 70.8 Å². The monoisotopic (exact) mass is 361 g/mol. The van der Waals surface area contributed by atoms with E-state index in [1.807, 2.05) is 24.3 Å². The molecule has 25 heavy (non-hydrogen) atoms. The summed E-state index contributed by atoms with van der Waals surface area (Å²) in [5.74, 6) is 0.913. The number of hydrazone groups is 1. The van der Waals surface area contributed by atoms with Gasteiger partial charge in [0.2, 0.25) is 0 Å². The number of nitrogens with zero attached hydrogens (tertiary/aromatic N) is 1. The third-order valence-electron chi connectivity index (χ3n) is 4.47. The van der Waals surface area contributed by atoms with Crippen LogP contribution in [0.2, 0.25) is 0 Å². The summed E-state index contributed by atoms with van der Waals surface area (Å²) in [4.78, 5) is 0. The lowest BCUT2D eigenvalue weighted by atomic mass is 9.96. The van der Waals surface area contributed by atoms with Crippen LogP contribution in [0.25, 0.3) is 0 Å². The van der Waals surface area contributed by atoms with Crippen molar-refractivity contribution in [3.8, 4) is 5.75 Å². The van der Waals surface area contributed by atoms with Gasteiger partial charge in [-0.3, -0.25) is 5.43 Å². The largest absolute Gasteiger partial charge is 0.494 e. The number of hydrogen-bond acceptors (Lipinski definition) is 3. The minimum absolute atomic E-state index is 0.498. The van der Waals surface area contributed by atoms with Gasteiger partial charge in [-0.25, -0.2) is 0 Å². The van der Waals surface area contributed by atoms with E-state index in [2.05, 4.69) is 22.8 Å². The van der Waals surface area contributed by atoms with Crippen LogP contribution < -0.4 is 15.5 Å². The Bertz CT molecular complexity index is 524. The van der Waals surface area contributed by atoms with E-state index in [0.717, 1.165) is 24.3 Å². The van der Waals surface area contributed by atoms with E-state index in [4.69, 9.17) is 17.0 Å². The first-order valence-electron chi connectivity index (χ1n) is 9.60. The highest BCUT2D eigenvalue weighted by molar-refractivity contribution is 7.80. The molecule has 0 bridgehead atoms. The van der Waals surface area contributed by atoms with Crippen molar-refractivity contribution in [1.29, 1.82) is 0 Å². The van der Waals surface area contributed by atoms with Gasteiger partial charge in [-0.15, -0.1) is 0 Å². The number of nitrogens with one attached hydrogen (secondary N) is 2. The molecule has 0 heterocycles. The summed E-state index contributed by atoms with van der Waals surface area (Å²) < 4.78 is 5.74. The van der Waals surface area contributed by atoms with Crippen LogP contribution >= 0.6 is 12.2 Å². The highest BCUT2D eigenvalue weighted by Gasteiger charge is 2.13. The molecule has 4 nitrogen and oxygen atoms in total. The van der Waals surface area contributed by atoms with Gasteiger partial charge < -0.3 is 10.1 Å². The number of hydrogen-bond donors (Lipinski definition) is 2. The zero-order chi connectivity index (χ0) is 17.7. The lowest BCUT2D eigenvalue weighted by Gasteiger charge is -2.23. The first kappa shape index (κ1) is 19.7. The topological polar surface area (TPSA) is 45.6 Å². The number of thiocarbonyl (C=S) groups is 1. The van der Waals surface area contributed by atoms with Gasteiger partial charge in [0.1, 0.15) is 5.75 Å². The fourth-order valence-electron chi connectivity index (χ4n) is 3.00. The molecule has 0 aromatic heterocycles. The van der Waals surface area contributed by atoms with Gasteiger partial charge in [0, 0.05) is 6.04 Å². The van der Waals surface area contributed by atoms with Crippen molar-refractivity contribution in [3.63, 3.8) is 0 Å². The number of ether oxygens (including phenoxy) is 1. The molecule has 0 radical (unpaired) electrons. The Balaban J connectivity index is 1.65. The van der Waals surface area contributed by atoms with Crippen LogP contribution in [-0.2, 0) is 0 Å². The second-order valence-corrected chi connectivity index (χ2v) is 7.06. The van der Waals surface area contributed by atoms with Gasteiger partial charge in [0.25, 0.3) is 0 Å². The molecule has 0 unspecified atom stereocenters. The van der Waals surface area contributed by atoms with E-state index >= 15 is 0 Å². The van der Waals surface area contributed by atoms with E-state index < -0.39 is 0 Å². The highest BCUT2D eigenvalue weighted by Crippen LogP contribution is 2.17. The van der Waals surface area contributed by atoms with Gasteiger partial charge in [-0.2, -0.15) is 5.10 Å². The zero-order valence-electron chi connectivity index (χ0n) is 15.3. The highest BCUT2D eigenvalue weighted by atomic mass is 32.1. The minimum Gasteiger partial charge on any atom is -0.494 e. The molecule has 1 fully saturated rings. The van der Waals surface area contributed by atoms with Crippen molar-refractivity contribution in [1.82, 2.24) is 10.7 Å². The normalized spacial score (nSPS) is 15.2. The molecule has 1 aliphatic rings. The molecule has 0 amide bonds. The summed E-state index contributed by atoms with van der Waals surface area (Å²) in [6.07, 6.45) is 13.0. The first-order chi connectivity index (χ1) is 12.3. The average molecular weight is 362 g/mol. The van der Waals surface area contributed by atoms with Crippen molar-refractivity contribution >= 4 is 23.5 Å². The lowest BCUT2D eigenvalue weighted by molar-refractivity contribution is 0.305. The van der Waals surface area contributed by atoms with Crippen LogP contribution in [0, 0.1) is 0 Å². The van der Waals surface area contributed by atoms with E-state index in [-0.39, 0.29) is 0 Å². The summed E-state index contributed by atoms with van der Waals surface area (Å²) >= 11 is 5.29. The Morgan fingerprint density at radius 3 is 2.64 bits per heavy atom.